The van der Waals surface area contributed by atoms with Crippen molar-refractivity contribution in [3.8, 4) is 0 Å². The first-order valence-corrected chi connectivity index (χ1v) is 42.9. The van der Waals surface area contributed by atoms with Crippen molar-refractivity contribution >= 4 is 39.5 Å². The Morgan fingerprint density at radius 3 is 0.792 bits per heavy atom. The molecule has 0 saturated heterocycles. The van der Waals surface area contributed by atoms with E-state index in [1.807, 2.05) is 0 Å². The summed E-state index contributed by atoms with van der Waals surface area (Å²) < 4.78 is 68.3. The van der Waals surface area contributed by atoms with Gasteiger partial charge in [-0.25, -0.2) is 9.13 Å². The van der Waals surface area contributed by atoms with E-state index in [1.165, 1.54) is 199 Å². The largest absolute Gasteiger partial charge is 0.472 e. The van der Waals surface area contributed by atoms with E-state index >= 15 is 0 Å². The minimum atomic E-state index is -4.96. The van der Waals surface area contributed by atoms with Crippen molar-refractivity contribution in [2.45, 2.75) is 414 Å². The highest BCUT2D eigenvalue weighted by Crippen LogP contribution is 2.45. The van der Waals surface area contributed by atoms with Gasteiger partial charge >= 0.3 is 39.5 Å². The molecular formula is C77H150O17P2. The number of aliphatic hydroxyl groups is 1. The van der Waals surface area contributed by atoms with E-state index in [4.69, 9.17) is 37.0 Å². The first kappa shape index (κ1) is 94.1. The average molecular weight is 1410 g/mol. The van der Waals surface area contributed by atoms with Crippen LogP contribution in [0.25, 0.3) is 0 Å². The molecule has 19 heteroatoms. The molecule has 0 aromatic heterocycles. The lowest BCUT2D eigenvalue weighted by Gasteiger charge is -2.21. The van der Waals surface area contributed by atoms with E-state index in [2.05, 4.69) is 48.5 Å². The van der Waals surface area contributed by atoms with Crippen LogP contribution in [0.2, 0.25) is 0 Å². The molecule has 0 aliphatic rings. The molecule has 96 heavy (non-hydrogen) atoms. The second-order valence-corrected chi connectivity index (χ2v) is 31.8. The SMILES string of the molecule is CCCCCCCC(=O)OC[C@H](COP(=O)(O)OC[C@H](O)COP(=O)(O)OC[C@@H](COC(=O)CCCCCCCCCCCCCCCCCC(C)C)OC(=O)CCCCCCCCCCCCCCCCCCCCC(C)C)OC(=O)CCCCCCCCCCC(C)CC. The second-order valence-electron chi connectivity index (χ2n) is 28.9. The summed E-state index contributed by atoms with van der Waals surface area (Å²) in [6, 6.07) is 0. The van der Waals surface area contributed by atoms with E-state index in [0.717, 1.165) is 114 Å². The van der Waals surface area contributed by atoms with Crippen LogP contribution in [0.3, 0.4) is 0 Å². The van der Waals surface area contributed by atoms with Gasteiger partial charge in [0.2, 0.25) is 0 Å². The summed E-state index contributed by atoms with van der Waals surface area (Å²) in [5.74, 6) is 0.267. The van der Waals surface area contributed by atoms with E-state index in [-0.39, 0.29) is 25.7 Å². The number of aliphatic hydroxyl groups excluding tert-OH is 1. The van der Waals surface area contributed by atoms with Gasteiger partial charge in [0.15, 0.2) is 12.2 Å². The van der Waals surface area contributed by atoms with Crippen LogP contribution in [0, 0.1) is 17.8 Å². The monoisotopic (exact) mass is 1410 g/mol. The molecule has 0 aliphatic heterocycles. The van der Waals surface area contributed by atoms with E-state index in [0.29, 0.717) is 25.7 Å². The van der Waals surface area contributed by atoms with Crippen molar-refractivity contribution in [3.63, 3.8) is 0 Å². The molecule has 0 aromatic rings. The summed E-state index contributed by atoms with van der Waals surface area (Å²) in [6.07, 6.45) is 54.6. The zero-order chi connectivity index (χ0) is 70.9. The zero-order valence-corrected chi connectivity index (χ0v) is 64.6. The molecule has 0 bridgehead atoms. The predicted molar refractivity (Wildman–Crippen MR) is 391 cm³/mol. The van der Waals surface area contributed by atoms with Crippen LogP contribution in [0.1, 0.15) is 395 Å². The van der Waals surface area contributed by atoms with Crippen molar-refractivity contribution in [3.05, 3.63) is 0 Å². The smallest absolute Gasteiger partial charge is 0.462 e. The Bertz CT molecular complexity index is 1870. The number of unbranched alkanes of at least 4 members (excludes halogenated alkanes) is 42. The van der Waals surface area contributed by atoms with Gasteiger partial charge in [0.25, 0.3) is 0 Å². The summed E-state index contributed by atoms with van der Waals surface area (Å²) in [5, 5.41) is 10.6. The van der Waals surface area contributed by atoms with Gasteiger partial charge in [0, 0.05) is 25.7 Å². The lowest BCUT2D eigenvalue weighted by molar-refractivity contribution is -0.161. The van der Waals surface area contributed by atoms with Crippen LogP contribution in [-0.2, 0) is 65.4 Å². The summed E-state index contributed by atoms with van der Waals surface area (Å²) in [5.41, 5.74) is 0. The van der Waals surface area contributed by atoms with E-state index in [1.54, 1.807) is 0 Å². The van der Waals surface area contributed by atoms with Gasteiger partial charge in [-0.05, 0) is 43.4 Å². The number of phosphoric ester groups is 2. The van der Waals surface area contributed by atoms with Crippen molar-refractivity contribution in [2.24, 2.45) is 17.8 Å². The van der Waals surface area contributed by atoms with Gasteiger partial charge in [-0.15, -0.1) is 0 Å². The topological polar surface area (TPSA) is 237 Å². The van der Waals surface area contributed by atoms with E-state index in [9.17, 15) is 43.2 Å². The zero-order valence-electron chi connectivity index (χ0n) is 62.8. The average Bonchev–Trinajstić information content (AvgIpc) is 3.79. The Balaban J connectivity index is 5.13. The number of ether oxygens (including phenoxy) is 4. The van der Waals surface area contributed by atoms with Gasteiger partial charge in [-0.3, -0.25) is 37.3 Å². The standard InChI is InChI=1S/C77H150O17P2/c1-8-10-11-41-51-58-74(79)87-64-72(93-77(82)61-54-47-40-34-33-37-44-50-57-70(7)9-2)66-91-95(83,84)89-62-71(78)63-90-96(85,86)92-67-73(65-88-75(80)59-52-45-38-31-27-23-20-16-18-22-26-30-36-43-49-56-69(5)6)94-76(81)60-53-46-39-32-28-24-19-15-13-12-14-17-21-25-29-35-42-48-55-68(3)4/h68-73,78H,8-67H2,1-7H3,(H,83,84)(H,85,86)/t70?,71-,72+,73+/m0/s1. The van der Waals surface area contributed by atoms with Crippen LogP contribution >= 0.6 is 15.6 Å². The molecule has 17 nitrogen and oxygen atoms in total. The molecule has 0 heterocycles. The molecule has 0 radical (unpaired) electrons. The first-order chi connectivity index (χ1) is 46.3. The molecule has 570 valence electrons. The van der Waals surface area contributed by atoms with Crippen molar-refractivity contribution in [1.29, 1.82) is 0 Å². The number of hydrogen-bond acceptors (Lipinski definition) is 15. The van der Waals surface area contributed by atoms with Gasteiger partial charge in [0.1, 0.15) is 19.3 Å². The fourth-order valence-corrected chi connectivity index (χ4v) is 13.3. The molecule has 0 saturated carbocycles. The van der Waals surface area contributed by atoms with Crippen LogP contribution in [0.5, 0.6) is 0 Å². The summed E-state index contributed by atoms with van der Waals surface area (Å²) in [7, 11) is -9.90. The number of carbonyl (C=O) groups excluding carboxylic acids is 4. The third-order valence-electron chi connectivity index (χ3n) is 18.2. The lowest BCUT2D eigenvalue weighted by Crippen LogP contribution is -2.30. The van der Waals surface area contributed by atoms with Gasteiger partial charge in [-0.1, -0.05) is 344 Å². The quantitative estimate of drug-likeness (QED) is 0.0222. The molecule has 0 amide bonds. The molecule has 0 spiro atoms. The first-order valence-electron chi connectivity index (χ1n) is 39.9. The fourth-order valence-electron chi connectivity index (χ4n) is 11.7. The van der Waals surface area contributed by atoms with Gasteiger partial charge in [0.05, 0.1) is 26.4 Å². The molecule has 3 N–H and O–H groups in total. The molecule has 0 rings (SSSR count). The Kier molecular flexibility index (Phi) is 66.2. The predicted octanol–water partition coefficient (Wildman–Crippen LogP) is 22.6. The number of phosphoric acid groups is 2. The van der Waals surface area contributed by atoms with Crippen LogP contribution in [0.4, 0.5) is 0 Å². The molecular weight excluding hydrogens is 1260 g/mol. The van der Waals surface area contributed by atoms with E-state index < -0.39 is 97.5 Å². The van der Waals surface area contributed by atoms with Crippen LogP contribution < -0.4 is 0 Å². The minimum absolute atomic E-state index is 0.104. The number of carbonyl (C=O) groups is 4. The minimum Gasteiger partial charge on any atom is -0.462 e. The normalized spacial score (nSPS) is 14.3. The lowest BCUT2D eigenvalue weighted by atomic mass is 9.99. The summed E-state index contributed by atoms with van der Waals surface area (Å²) in [4.78, 5) is 72.5. The third-order valence-corrected chi connectivity index (χ3v) is 20.1. The maximum atomic E-state index is 13.1. The highest BCUT2D eigenvalue weighted by atomic mass is 31.2. The Labute approximate surface area is 588 Å². The van der Waals surface area contributed by atoms with Gasteiger partial charge in [-0.2, -0.15) is 0 Å². The fraction of sp³-hybridized carbons (Fsp3) is 0.948. The number of hydrogen-bond donors (Lipinski definition) is 3. The maximum Gasteiger partial charge on any atom is 0.472 e. The molecule has 0 fully saturated rings. The Hall–Kier alpha value is -1.94. The van der Waals surface area contributed by atoms with Crippen LogP contribution in [-0.4, -0.2) is 96.7 Å². The Morgan fingerprint density at radius 1 is 0.302 bits per heavy atom. The van der Waals surface area contributed by atoms with Crippen molar-refractivity contribution < 1.29 is 80.2 Å². The third kappa shape index (κ3) is 69.2. The van der Waals surface area contributed by atoms with Crippen molar-refractivity contribution in [2.75, 3.05) is 39.6 Å². The molecule has 3 unspecified atom stereocenters. The Morgan fingerprint density at radius 2 is 0.531 bits per heavy atom. The van der Waals surface area contributed by atoms with Gasteiger partial charge < -0.3 is 33.8 Å². The highest BCUT2D eigenvalue weighted by molar-refractivity contribution is 7.47. The highest BCUT2D eigenvalue weighted by Gasteiger charge is 2.30. The summed E-state index contributed by atoms with van der Waals surface area (Å²) in [6.45, 7) is 11.9. The van der Waals surface area contributed by atoms with Crippen molar-refractivity contribution in [1.82, 2.24) is 0 Å². The molecule has 0 aliphatic carbocycles. The second kappa shape index (κ2) is 67.5. The number of rotatable bonds is 75. The number of esters is 4. The maximum absolute atomic E-state index is 13.1. The molecule has 6 atom stereocenters. The van der Waals surface area contributed by atoms with Crippen LogP contribution in [0.15, 0.2) is 0 Å². The summed E-state index contributed by atoms with van der Waals surface area (Å²) >= 11 is 0. The molecule has 0 aromatic carbocycles.